The van der Waals surface area contributed by atoms with Gasteiger partial charge in [0, 0.05) is 49.5 Å². The molecule has 0 aliphatic carbocycles. The molecule has 7 rings (SSSR count). The van der Waals surface area contributed by atoms with Gasteiger partial charge in [-0.25, -0.2) is 10.2 Å². The third-order valence-corrected chi connectivity index (χ3v) is 15.3. The van der Waals surface area contributed by atoms with Crippen molar-refractivity contribution < 1.29 is 107 Å². The number of benzene rings is 3. The molecular weight excluding hydrogens is 1170 g/mol. The van der Waals surface area contributed by atoms with E-state index < -0.39 is 183 Å². The molecule has 14 atom stereocenters. The zero-order chi connectivity index (χ0) is 63.4. The Bertz CT molecular complexity index is 3100. The summed E-state index contributed by atoms with van der Waals surface area (Å²) >= 11 is -0.0248. The van der Waals surface area contributed by atoms with Crippen LogP contribution in [0.3, 0.4) is 0 Å². The van der Waals surface area contributed by atoms with Crippen molar-refractivity contribution >= 4 is 70.7 Å². The number of nitrogens with two attached hydrogens (primary N) is 1. The lowest BCUT2D eigenvalue weighted by Gasteiger charge is -2.34. The molecule has 3 aliphatic rings. The van der Waals surface area contributed by atoms with Crippen molar-refractivity contribution in [3.05, 3.63) is 71.8 Å². The highest BCUT2D eigenvalue weighted by molar-refractivity contribution is 7.90. The summed E-state index contributed by atoms with van der Waals surface area (Å²) in [4.78, 5) is 120. The fraction of sp³-hybridized carbons (Fsp3) is 0.509. The number of aromatic nitrogens is 1. The molecule has 4 aromatic rings. The molecule has 87 heavy (non-hydrogen) atoms. The number of aromatic hydroxyl groups is 1. The first-order valence-electron chi connectivity index (χ1n) is 27.8. The molecule has 32 heteroatoms. The van der Waals surface area contributed by atoms with Crippen LogP contribution in [0.2, 0.25) is 0 Å². The first-order valence-corrected chi connectivity index (χ1v) is 28.5. The Morgan fingerprint density at radius 2 is 1.53 bits per heavy atom. The van der Waals surface area contributed by atoms with Gasteiger partial charge in [0.05, 0.1) is 43.5 Å². The SMILES string of the molecule is CCCCCCOc1ccc(-c2nc3cc(C(=O)NC4CC(O)CNC(=O)C5C(O)C(C)CN5C(=O)C(C(O)CC(N)=O)NC(=O)C(C(O)C(O)c5ccc(O)c(OSOOO)c5)NC(=O)C5CC(O)CN5C(=O)C(C(C)O)NC4=O)ccc3o2)cc1. The van der Waals surface area contributed by atoms with E-state index in [9.17, 15) is 79.2 Å². The van der Waals surface area contributed by atoms with E-state index >= 15 is 0 Å². The third-order valence-electron chi connectivity index (χ3n) is 15.0. The minimum atomic E-state index is -2.53. The number of carbonyl (C=O) groups excluding carboxylic acids is 8. The minimum absolute atomic E-state index is 0.0248. The number of amides is 8. The standard InChI is InChI=1S/C55H71N9O22S/c1-4-5-6-7-16-82-32-12-8-27(9-13-32)53-59-33-17-29(11-15-38(33)83-53)48(74)58-34-19-30(66)22-57-52(78)44-45(71)25(2)23-64(44)55(80)42(37(69)21-40(56)70)61-51(77)43(47(73)46(72)28-10-14-36(68)39(18-28)84-87-86-85-81)62-50(76)35-20-31(67)24-63(35)54(79)41(26(3)65)60-49(34)75/h8-15,17-18,25-26,30-31,34-35,37,41-47,65-69,71-73,81H,4-7,16,19-24H2,1-3H3,(H2,56,70)(H,57,78)(H,58,74)(H,60,75)(H,61,77)(H,62,76). The highest BCUT2D eigenvalue weighted by Crippen LogP contribution is 2.34. The first kappa shape index (κ1) is 66.8. The van der Waals surface area contributed by atoms with Crippen LogP contribution in [0.1, 0.15) is 87.7 Å². The number of rotatable bonds is 20. The second-order valence-electron chi connectivity index (χ2n) is 21.5. The maximum atomic E-state index is 14.7. The molecule has 0 radical (unpaired) electrons. The molecule has 3 fully saturated rings. The van der Waals surface area contributed by atoms with E-state index in [1.54, 1.807) is 24.3 Å². The molecule has 8 amide bonds. The number of phenolic OH excluding ortho intramolecular Hbond substituents is 1. The number of aliphatic hydroxyl groups is 7. The van der Waals surface area contributed by atoms with Gasteiger partial charge in [0.15, 0.2) is 17.1 Å². The van der Waals surface area contributed by atoms with Crippen molar-refractivity contribution in [1.29, 1.82) is 0 Å². The maximum absolute atomic E-state index is 14.7. The number of hydrogen-bond acceptors (Lipinski definition) is 24. The van der Waals surface area contributed by atoms with Gasteiger partial charge in [-0.2, -0.15) is 0 Å². The van der Waals surface area contributed by atoms with Gasteiger partial charge in [-0.1, -0.05) is 48.5 Å². The number of β-amino-alcohol motifs (C(OH)–C–C–N with tert-alkyl or cyclic N) is 1. The fourth-order valence-corrected chi connectivity index (χ4v) is 10.5. The second kappa shape index (κ2) is 30.2. The number of carbonyl (C=O) groups is 8. The first-order chi connectivity index (χ1) is 41.4. The van der Waals surface area contributed by atoms with Crippen LogP contribution < -0.4 is 41.2 Å². The quantitative estimate of drug-likeness (QED) is 0.0194. The number of hydrogen-bond donors (Lipinski definition) is 15. The van der Waals surface area contributed by atoms with Crippen molar-refractivity contribution in [3.63, 3.8) is 0 Å². The van der Waals surface area contributed by atoms with Crippen molar-refractivity contribution in [2.45, 2.75) is 145 Å². The number of primary amides is 1. The Morgan fingerprint density at radius 1 is 0.828 bits per heavy atom. The Balaban J connectivity index is 1.22. The number of phenols is 1. The monoisotopic (exact) mass is 1240 g/mol. The van der Waals surface area contributed by atoms with Gasteiger partial charge >= 0.3 is 0 Å². The van der Waals surface area contributed by atoms with Gasteiger partial charge in [0.1, 0.15) is 59.7 Å². The van der Waals surface area contributed by atoms with Crippen LogP contribution >= 0.6 is 12.3 Å². The average molecular weight is 1240 g/mol. The summed E-state index contributed by atoms with van der Waals surface area (Å²) in [6.07, 6.45) is -12.0. The van der Waals surface area contributed by atoms with Crippen LogP contribution in [0.5, 0.6) is 17.2 Å². The lowest BCUT2D eigenvalue weighted by atomic mass is 9.96. The van der Waals surface area contributed by atoms with Crippen molar-refractivity contribution in [2.24, 2.45) is 11.7 Å². The van der Waals surface area contributed by atoms with Gasteiger partial charge in [0.25, 0.3) is 18.2 Å². The number of unbranched alkanes of at least 4 members (excludes halogenated alkanes) is 3. The Hall–Kier alpha value is -7.76. The number of oxazole rings is 1. The highest BCUT2D eigenvalue weighted by Gasteiger charge is 2.50. The van der Waals surface area contributed by atoms with E-state index in [0.717, 1.165) is 60.6 Å². The molecule has 3 aromatic carbocycles. The molecule has 3 aliphatic heterocycles. The topological polar surface area (TPSA) is 474 Å². The molecule has 1 aromatic heterocycles. The molecular formula is C55H71N9O22S. The van der Waals surface area contributed by atoms with Crippen molar-refractivity contribution in [1.82, 2.24) is 41.4 Å². The summed E-state index contributed by atoms with van der Waals surface area (Å²) in [5.74, 6) is -11.2. The van der Waals surface area contributed by atoms with Gasteiger partial charge in [-0.05, 0) is 73.5 Å². The summed E-state index contributed by atoms with van der Waals surface area (Å²) in [6.45, 7) is 3.33. The lowest BCUT2D eigenvalue weighted by Crippen LogP contribution is -2.64. The predicted octanol–water partition coefficient (Wildman–Crippen LogP) is -2.16. The van der Waals surface area contributed by atoms with Crippen LogP contribution in [0.4, 0.5) is 0 Å². The number of nitrogens with one attached hydrogen (secondary N) is 5. The van der Waals surface area contributed by atoms with E-state index in [-0.39, 0.29) is 40.4 Å². The molecule has 4 heterocycles. The number of aliphatic hydroxyl groups excluding tert-OH is 7. The highest BCUT2D eigenvalue weighted by atomic mass is 32.2. The molecule has 0 saturated carbocycles. The fourth-order valence-electron chi connectivity index (χ4n) is 10.3. The summed E-state index contributed by atoms with van der Waals surface area (Å²) in [5.41, 5.74) is 6.05. The van der Waals surface area contributed by atoms with Crippen molar-refractivity contribution in [2.75, 3.05) is 26.2 Å². The van der Waals surface area contributed by atoms with E-state index in [1.807, 2.05) is 0 Å². The number of nitrogens with zero attached hydrogens (tertiary/aromatic N) is 3. The Labute approximate surface area is 500 Å². The normalized spacial score (nSPS) is 25.8. The number of ether oxygens (including phenoxy) is 1. The molecule has 474 valence electrons. The van der Waals surface area contributed by atoms with Crippen LogP contribution in [-0.2, 0) is 42.9 Å². The van der Waals surface area contributed by atoms with E-state index in [4.69, 9.17) is 24.3 Å². The maximum Gasteiger partial charge on any atom is 0.261 e. The van der Waals surface area contributed by atoms with Crippen LogP contribution in [0.25, 0.3) is 22.6 Å². The average Bonchev–Trinajstić information content (AvgIpc) is 2.05. The van der Waals surface area contributed by atoms with Crippen LogP contribution in [0, 0.1) is 5.92 Å². The zero-order valence-electron chi connectivity index (χ0n) is 47.3. The van der Waals surface area contributed by atoms with Gasteiger partial charge < -0.3 is 96.3 Å². The molecule has 14 unspecified atom stereocenters. The zero-order valence-corrected chi connectivity index (χ0v) is 48.1. The molecule has 31 nitrogen and oxygen atoms in total. The van der Waals surface area contributed by atoms with E-state index in [2.05, 4.69) is 47.9 Å². The summed E-state index contributed by atoms with van der Waals surface area (Å²) < 4.78 is 21.0. The van der Waals surface area contributed by atoms with Gasteiger partial charge in [-0.3, -0.25) is 38.4 Å². The summed E-state index contributed by atoms with van der Waals surface area (Å²) in [5, 5.41) is 114. The summed E-state index contributed by atoms with van der Waals surface area (Å²) in [7, 11) is 0. The van der Waals surface area contributed by atoms with Crippen molar-refractivity contribution in [3.8, 4) is 28.7 Å². The number of fused-ring (bicyclic) bond motifs is 3. The van der Waals surface area contributed by atoms with Crippen LogP contribution in [0.15, 0.2) is 65.1 Å². The lowest BCUT2D eigenvalue weighted by molar-refractivity contribution is -0.433. The molecule has 16 N–H and O–H groups in total. The van der Waals surface area contributed by atoms with Crippen LogP contribution in [-0.4, -0.2) is 207 Å². The second-order valence-corrected chi connectivity index (χ2v) is 21.9. The molecule has 0 spiro atoms. The Kier molecular flexibility index (Phi) is 23.2. The van der Waals surface area contributed by atoms with E-state index in [1.165, 1.54) is 25.1 Å². The van der Waals surface area contributed by atoms with E-state index in [0.29, 0.717) is 17.9 Å². The molecule has 3 saturated heterocycles. The van der Waals surface area contributed by atoms with Gasteiger partial charge in [0.2, 0.25) is 47.2 Å². The Morgan fingerprint density at radius 3 is 2.22 bits per heavy atom. The summed E-state index contributed by atoms with van der Waals surface area (Å²) in [6, 6.07) is 1.79. The molecule has 0 bridgehead atoms. The largest absolute Gasteiger partial charge is 0.504 e. The smallest absolute Gasteiger partial charge is 0.261 e. The predicted molar refractivity (Wildman–Crippen MR) is 300 cm³/mol. The van der Waals surface area contributed by atoms with Gasteiger partial charge in [-0.15, -0.1) is 0 Å². The third kappa shape index (κ3) is 16.7. The minimum Gasteiger partial charge on any atom is -0.504 e.